The molecule has 0 spiro atoms. The van der Waals surface area contributed by atoms with Crippen LogP contribution in [0.2, 0.25) is 0 Å². The SMILES string of the molecule is CCCCC(C)(C)CC(O)CN(C)C(=O)N(CC(O)CC(C)(C)CC)C(C)(C)C=O. The van der Waals surface area contributed by atoms with Crippen LogP contribution in [0, 0.1) is 10.8 Å². The lowest BCUT2D eigenvalue weighted by Crippen LogP contribution is -2.56. The van der Waals surface area contributed by atoms with Crippen LogP contribution in [-0.2, 0) is 4.79 Å². The van der Waals surface area contributed by atoms with Gasteiger partial charge in [0.15, 0.2) is 0 Å². The summed E-state index contributed by atoms with van der Waals surface area (Å²) in [5, 5.41) is 21.2. The van der Waals surface area contributed by atoms with E-state index in [2.05, 4.69) is 41.5 Å². The molecule has 178 valence electrons. The van der Waals surface area contributed by atoms with Crippen LogP contribution in [0.5, 0.6) is 0 Å². The number of carbonyl (C=O) groups excluding carboxylic acids is 2. The van der Waals surface area contributed by atoms with Crippen LogP contribution in [0.1, 0.15) is 93.9 Å². The second-order valence-electron chi connectivity index (χ2n) is 11.0. The first kappa shape index (κ1) is 28.9. The summed E-state index contributed by atoms with van der Waals surface area (Å²) in [6, 6.07) is -0.356. The van der Waals surface area contributed by atoms with Crippen LogP contribution in [0.3, 0.4) is 0 Å². The summed E-state index contributed by atoms with van der Waals surface area (Å²) in [5.41, 5.74) is -1.09. The molecule has 6 nitrogen and oxygen atoms in total. The van der Waals surface area contributed by atoms with Gasteiger partial charge in [-0.1, -0.05) is 60.8 Å². The maximum absolute atomic E-state index is 13.2. The maximum atomic E-state index is 13.2. The first-order valence-electron chi connectivity index (χ1n) is 11.5. The Bertz CT molecular complexity index is 531. The molecule has 0 aromatic carbocycles. The Labute approximate surface area is 185 Å². The van der Waals surface area contributed by atoms with Crippen molar-refractivity contribution in [2.24, 2.45) is 10.8 Å². The second-order valence-corrected chi connectivity index (χ2v) is 11.0. The lowest BCUT2D eigenvalue weighted by Gasteiger charge is -2.40. The van der Waals surface area contributed by atoms with Gasteiger partial charge in [-0.05, 0) is 43.9 Å². The number of aliphatic hydroxyl groups is 2. The molecule has 0 aliphatic heterocycles. The molecule has 2 atom stereocenters. The zero-order valence-corrected chi connectivity index (χ0v) is 21.0. The number of rotatable bonds is 14. The molecule has 0 saturated carbocycles. The average Bonchev–Trinajstić information content (AvgIpc) is 2.62. The van der Waals surface area contributed by atoms with Gasteiger partial charge in [-0.3, -0.25) is 0 Å². The van der Waals surface area contributed by atoms with Crippen molar-refractivity contribution in [2.75, 3.05) is 20.1 Å². The van der Waals surface area contributed by atoms with Gasteiger partial charge in [0.25, 0.3) is 0 Å². The van der Waals surface area contributed by atoms with E-state index < -0.39 is 17.7 Å². The number of aldehydes is 1. The molecule has 0 aromatic rings. The van der Waals surface area contributed by atoms with Crippen LogP contribution in [0.4, 0.5) is 4.79 Å². The zero-order valence-electron chi connectivity index (χ0n) is 21.0. The molecule has 2 amide bonds. The molecule has 0 bridgehead atoms. The Morgan fingerprint density at radius 3 is 1.90 bits per heavy atom. The smallest absolute Gasteiger partial charge is 0.320 e. The minimum absolute atomic E-state index is 0.00297. The van der Waals surface area contributed by atoms with E-state index in [0.717, 1.165) is 32.0 Å². The summed E-state index contributed by atoms with van der Waals surface area (Å²) >= 11 is 0. The van der Waals surface area contributed by atoms with Crippen LogP contribution in [-0.4, -0.2) is 70.2 Å². The number of aliphatic hydroxyl groups excluding tert-OH is 2. The molecular formula is C24H48N2O4. The highest BCUT2D eigenvalue weighted by Crippen LogP contribution is 2.30. The number of nitrogens with zero attached hydrogens (tertiary/aromatic N) is 2. The summed E-state index contributed by atoms with van der Waals surface area (Å²) in [7, 11) is 1.64. The fraction of sp³-hybridized carbons (Fsp3) is 0.917. The van der Waals surface area contributed by atoms with Crippen molar-refractivity contribution < 1.29 is 19.8 Å². The van der Waals surface area contributed by atoms with E-state index in [1.165, 1.54) is 9.80 Å². The number of carbonyl (C=O) groups is 2. The van der Waals surface area contributed by atoms with Gasteiger partial charge in [0.1, 0.15) is 6.29 Å². The van der Waals surface area contributed by atoms with Crippen molar-refractivity contribution in [1.82, 2.24) is 9.80 Å². The van der Waals surface area contributed by atoms with E-state index >= 15 is 0 Å². The van der Waals surface area contributed by atoms with Gasteiger partial charge in [-0.15, -0.1) is 0 Å². The van der Waals surface area contributed by atoms with Gasteiger partial charge < -0.3 is 24.8 Å². The van der Waals surface area contributed by atoms with E-state index in [1.54, 1.807) is 20.9 Å². The van der Waals surface area contributed by atoms with Crippen LogP contribution < -0.4 is 0 Å². The van der Waals surface area contributed by atoms with Crippen LogP contribution in [0.15, 0.2) is 0 Å². The third-order valence-electron chi connectivity index (χ3n) is 6.16. The summed E-state index contributed by atoms with van der Waals surface area (Å²) in [5.74, 6) is 0. The molecule has 6 heteroatoms. The van der Waals surface area contributed by atoms with Crippen molar-refractivity contribution in [3.63, 3.8) is 0 Å². The predicted molar refractivity (Wildman–Crippen MR) is 124 cm³/mol. The highest BCUT2D eigenvalue weighted by atomic mass is 16.3. The minimum Gasteiger partial charge on any atom is -0.391 e. The van der Waals surface area contributed by atoms with Crippen molar-refractivity contribution in [1.29, 1.82) is 0 Å². The lowest BCUT2D eigenvalue weighted by atomic mass is 9.82. The first-order valence-corrected chi connectivity index (χ1v) is 11.5. The third kappa shape index (κ3) is 10.3. The minimum atomic E-state index is -1.05. The summed E-state index contributed by atoms with van der Waals surface area (Å²) in [6.07, 6.45) is 4.68. The Morgan fingerprint density at radius 2 is 1.43 bits per heavy atom. The number of β-amino-alcohol motifs (C(OH)–C–C–N with tert-alkyl or cyclic N) is 1. The lowest BCUT2D eigenvalue weighted by molar-refractivity contribution is -0.116. The highest BCUT2D eigenvalue weighted by molar-refractivity contribution is 5.80. The van der Waals surface area contributed by atoms with Gasteiger partial charge in [-0.2, -0.15) is 0 Å². The topological polar surface area (TPSA) is 81.1 Å². The number of urea groups is 1. The Morgan fingerprint density at radius 1 is 0.933 bits per heavy atom. The Hall–Kier alpha value is -1.14. The quantitative estimate of drug-likeness (QED) is 0.400. The molecule has 2 N–H and O–H groups in total. The second kappa shape index (κ2) is 12.0. The van der Waals surface area contributed by atoms with E-state index in [9.17, 15) is 19.8 Å². The van der Waals surface area contributed by atoms with Crippen molar-refractivity contribution >= 4 is 12.3 Å². The average molecular weight is 429 g/mol. The van der Waals surface area contributed by atoms with Gasteiger partial charge in [-0.25, -0.2) is 4.79 Å². The summed E-state index contributed by atoms with van der Waals surface area (Å²) in [6.45, 7) is 16.3. The largest absolute Gasteiger partial charge is 0.391 e. The van der Waals surface area contributed by atoms with E-state index in [4.69, 9.17) is 0 Å². The highest BCUT2D eigenvalue weighted by Gasteiger charge is 2.35. The molecule has 0 heterocycles. The molecule has 0 aliphatic rings. The molecule has 0 aromatic heterocycles. The van der Waals surface area contributed by atoms with E-state index in [1.807, 2.05) is 0 Å². The number of likely N-dealkylation sites (N-methyl/N-ethyl adjacent to an activating group) is 1. The molecular weight excluding hydrogens is 380 g/mol. The normalized spacial score (nSPS) is 14.9. The standard InChI is InChI=1S/C24H48N2O4/c1-10-12-13-23(5,6)15-19(28)16-25(9)21(30)26(24(7,8)18-27)17-20(29)14-22(3,4)11-2/h18-20,28-29H,10-17H2,1-9H3. The summed E-state index contributed by atoms with van der Waals surface area (Å²) in [4.78, 5) is 27.7. The number of unbranched alkanes of at least 4 members (excludes halogenated alkanes) is 1. The van der Waals surface area contributed by atoms with Crippen LogP contribution >= 0.6 is 0 Å². The fourth-order valence-electron chi connectivity index (χ4n) is 3.74. The Kier molecular flexibility index (Phi) is 11.6. The molecule has 30 heavy (non-hydrogen) atoms. The van der Waals surface area contributed by atoms with Crippen molar-refractivity contribution in [3.05, 3.63) is 0 Å². The van der Waals surface area contributed by atoms with Gasteiger partial charge in [0.05, 0.1) is 17.7 Å². The predicted octanol–water partition coefficient (Wildman–Crippen LogP) is 4.47. The zero-order chi connectivity index (χ0) is 23.8. The van der Waals surface area contributed by atoms with E-state index in [-0.39, 0.29) is 30.0 Å². The number of hydrogen-bond donors (Lipinski definition) is 2. The van der Waals surface area contributed by atoms with Gasteiger partial charge >= 0.3 is 6.03 Å². The van der Waals surface area contributed by atoms with Gasteiger partial charge in [0, 0.05) is 20.1 Å². The van der Waals surface area contributed by atoms with Gasteiger partial charge in [0.2, 0.25) is 0 Å². The van der Waals surface area contributed by atoms with Crippen molar-refractivity contribution in [3.8, 4) is 0 Å². The molecule has 0 rings (SSSR count). The molecule has 0 radical (unpaired) electrons. The van der Waals surface area contributed by atoms with Crippen LogP contribution in [0.25, 0.3) is 0 Å². The number of amides is 2. The summed E-state index contributed by atoms with van der Waals surface area (Å²) < 4.78 is 0. The molecule has 0 saturated heterocycles. The fourth-order valence-corrected chi connectivity index (χ4v) is 3.74. The van der Waals surface area contributed by atoms with Crippen molar-refractivity contribution in [2.45, 2.75) is 112 Å². The third-order valence-corrected chi connectivity index (χ3v) is 6.16. The Balaban J connectivity index is 5.21. The monoisotopic (exact) mass is 428 g/mol. The maximum Gasteiger partial charge on any atom is 0.320 e. The molecule has 0 fully saturated rings. The number of hydrogen-bond acceptors (Lipinski definition) is 4. The first-order chi connectivity index (χ1) is 13.6. The van der Waals surface area contributed by atoms with E-state index in [0.29, 0.717) is 12.8 Å². The molecule has 0 aliphatic carbocycles. The molecule has 2 unspecified atom stereocenters.